The number of hydrogen-bond donors (Lipinski definition) is 1. The maximum absolute atomic E-state index is 13.7. The van der Waals surface area contributed by atoms with Crippen molar-refractivity contribution in [1.82, 2.24) is 5.32 Å². The minimum atomic E-state index is -0.536. The Kier molecular flexibility index (Phi) is 4.88. The molecule has 0 amide bonds. The lowest BCUT2D eigenvalue weighted by molar-refractivity contribution is 0.0546. The minimum absolute atomic E-state index is 0.126. The highest BCUT2D eigenvalue weighted by Gasteiger charge is 2.22. The van der Waals surface area contributed by atoms with Crippen LogP contribution in [0.4, 0.5) is 8.78 Å². The second-order valence-electron chi connectivity index (χ2n) is 5.29. The number of ether oxygens (including phenoxy) is 1. The standard InChI is InChI=1S/C15H21F2NO/c1-10(12-5-7-19-8-6-12)18-11(2)14-4-3-13(16)9-15(14)17/h3-4,9-12,18H,5-8H2,1-2H3. The molecule has 1 aliphatic heterocycles. The van der Waals surface area contributed by atoms with Crippen LogP contribution in [0.15, 0.2) is 18.2 Å². The van der Waals surface area contributed by atoms with Crippen LogP contribution >= 0.6 is 0 Å². The molecular formula is C15H21F2NO. The third-order valence-corrected chi connectivity index (χ3v) is 3.91. The van der Waals surface area contributed by atoms with Crippen LogP contribution in [-0.2, 0) is 4.74 Å². The van der Waals surface area contributed by atoms with Crippen molar-refractivity contribution in [3.63, 3.8) is 0 Å². The van der Waals surface area contributed by atoms with Crippen LogP contribution in [0.25, 0.3) is 0 Å². The lowest BCUT2D eigenvalue weighted by atomic mass is 9.92. The Labute approximate surface area is 113 Å². The molecule has 0 spiro atoms. The average Bonchev–Trinajstić information content (AvgIpc) is 2.39. The maximum atomic E-state index is 13.7. The Hall–Kier alpha value is -1.00. The van der Waals surface area contributed by atoms with Crippen molar-refractivity contribution < 1.29 is 13.5 Å². The first-order chi connectivity index (χ1) is 9.08. The number of hydrogen-bond acceptors (Lipinski definition) is 2. The second-order valence-corrected chi connectivity index (χ2v) is 5.29. The van der Waals surface area contributed by atoms with Gasteiger partial charge in [0.15, 0.2) is 0 Å². The molecule has 1 saturated heterocycles. The lowest BCUT2D eigenvalue weighted by Gasteiger charge is -2.31. The summed E-state index contributed by atoms with van der Waals surface area (Å²) in [6.45, 7) is 5.63. The van der Waals surface area contributed by atoms with Gasteiger partial charge in [-0.2, -0.15) is 0 Å². The maximum Gasteiger partial charge on any atom is 0.130 e. The molecule has 106 valence electrons. The van der Waals surface area contributed by atoms with Gasteiger partial charge in [-0.15, -0.1) is 0 Å². The summed E-state index contributed by atoms with van der Waals surface area (Å²) in [7, 11) is 0. The van der Waals surface area contributed by atoms with E-state index in [1.165, 1.54) is 12.1 Å². The van der Waals surface area contributed by atoms with Gasteiger partial charge in [0.25, 0.3) is 0 Å². The van der Waals surface area contributed by atoms with Gasteiger partial charge in [0, 0.05) is 36.9 Å². The summed E-state index contributed by atoms with van der Waals surface area (Å²) in [5, 5.41) is 3.41. The van der Waals surface area contributed by atoms with Crippen molar-refractivity contribution in [3.8, 4) is 0 Å². The fraction of sp³-hybridized carbons (Fsp3) is 0.600. The molecule has 0 radical (unpaired) electrons. The van der Waals surface area contributed by atoms with Crippen LogP contribution in [0, 0.1) is 17.6 Å². The van der Waals surface area contributed by atoms with Crippen molar-refractivity contribution in [2.45, 2.75) is 38.8 Å². The fourth-order valence-electron chi connectivity index (χ4n) is 2.69. The molecular weight excluding hydrogens is 248 g/mol. The smallest absolute Gasteiger partial charge is 0.130 e. The molecule has 1 aromatic carbocycles. The molecule has 0 aromatic heterocycles. The van der Waals surface area contributed by atoms with E-state index >= 15 is 0 Å². The Bertz CT molecular complexity index is 419. The number of halogens is 2. The third kappa shape index (κ3) is 3.74. The zero-order valence-corrected chi connectivity index (χ0v) is 11.5. The van der Waals surface area contributed by atoms with E-state index in [1.54, 1.807) is 0 Å². The first kappa shape index (κ1) is 14.4. The number of rotatable bonds is 4. The van der Waals surface area contributed by atoms with Gasteiger partial charge in [0.1, 0.15) is 11.6 Å². The van der Waals surface area contributed by atoms with Gasteiger partial charge in [0.2, 0.25) is 0 Å². The molecule has 2 nitrogen and oxygen atoms in total. The quantitative estimate of drug-likeness (QED) is 0.904. The van der Waals surface area contributed by atoms with E-state index in [1.807, 2.05) is 6.92 Å². The summed E-state index contributed by atoms with van der Waals surface area (Å²) < 4.78 is 31.9. The van der Waals surface area contributed by atoms with E-state index in [0.29, 0.717) is 17.5 Å². The Morgan fingerprint density at radius 1 is 1.21 bits per heavy atom. The van der Waals surface area contributed by atoms with E-state index < -0.39 is 11.6 Å². The third-order valence-electron chi connectivity index (χ3n) is 3.91. The number of nitrogens with one attached hydrogen (secondary N) is 1. The summed E-state index contributed by atoms with van der Waals surface area (Å²) in [4.78, 5) is 0. The van der Waals surface area contributed by atoms with Crippen LogP contribution in [-0.4, -0.2) is 19.3 Å². The molecule has 1 heterocycles. The van der Waals surface area contributed by atoms with Crippen LogP contribution < -0.4 is 5.32 Å². The van der Waals surface area contributed by atoms with Gasteiger partial charge in [0.05, 0.1) is 0 Å². The molecule has 0 aliphatic carbocycles. The monoisotopic (exact) mass is 269 g/mol. The topological polar surface area (TPSA) is 21.3 Å². The number of benzene rings is 1. The van der Waals surface area contributed by atoms with Gasteiger partial charge in [-0.25, -0.2) is 8.78 Å². The van der Waals surface area contributed by atoms with Gasteiger partial charge in [-0.1, -0.05) is 6.07 Å². The Balaban J connectivity index is 1.97. The molecule has 2 atom stereocenters. The summed E-state index contributed by atoms with van der Waals surface area (Å²) >= 11 is 0. The molecule has 2 rings (SSSR count). The van der Waals surface area contributed by atoms with Gasteiger partial charge < -0.3 is 10.1 Å². The van der Waals surface area contributed by atoms with Gasteiger partial charge >= 0.3 is 0 Å². The predicted octanol–water partition coefficient (Wildman–Crippen LogP) is 3.43. The van der Waals surface area contributed by atoms with Crippen molar-refractivity contribution in [2.75, 3.05) is 13.2 Å². The molecule has 1 N–H and O–H groups in total. The predicted molar refractivity (Wildman–Crippen MR) is 70.9 cm³/mol. The van der Waals surface area contributed by atoms with Crippen molar-refractivity contribution in [2.24, 2.45) is 5.92 Å². The molecule has 0 saturated carbocycles. The molecule has 19 heavy (non-hydrogen) atoms. The van der Waals surface area contributed by atoms with E-state index in [2.05, 4.69) is 12.2 Å². The van der Waals surface area contributed by atoms with Crippen molar-refractivity contribution >= 4 is 0 Å². The molecule has 1 aromatic rings. The summed E-state index contributed by atoms with van der Waals surface area (Å²) in [5.74, 6) is -0.468. The Morgan fingerprint density at radius 2 is 1.89 bits per heavy atom. The molecule has 0 bridgehead atoms. The van der Waals surface area contributed by atoms with Crippen LogP contribution in [0.1, 0.15) is 38.3 Å². The normalized spacial score (nSPS) is 20.2. The second kappa shape index (κ2) is 6.44. The van der Waals surface area contributed by atoms with Crippen LogP contribution in [0.3, 0.4) is 0 Å². The average molecular weight is 269 g/mol. The SMILES string of the molecule is CC(NC(C)C1CCOCC1)c1ccc(F)cc1F. The first-order valence-corrected chi connectivity index (χ1v) is 6.86. The van der Waals surface area contributed by atoms with Crippen LogP contribution in [0.2, 0.25) is 0 Å². The molecule has 1 aliphatic rings. The lowest BCUT2D eigenvalue weighted by Crippen LogP contribution is -2.38. The molecule has 1 fully saturated rings. The minimum Gasteiger partial charge on any atom is -0.381 e. The highest BCUT2D eigenvalue weighted by atomic mass is 19.1. The van der Waals surface area contributed by atoms with E-state index in [4.69, 9.17) is 4.74 Å². The summed E-state index contributed by atoms with van der Waals surface area (Å²) in [5.41, 5.74) is 0.514. The zero-order valence-electron chi connectivity index (χ0n) is 11.5. The highest BCUT2D eigenvalue weighted by molar-refractivity contribution is 5.21. The first-order valence-electron chi connectivity index (χ1n) is 6.86. The van der Waals surface area contributed by atoms with Crippen molar-refractivity contribution in [3.05, 3.63) is 35.4 Å². The largest absolute Gasteiger partial charge is 0.381 e. The van der Waals surface area contributed by atoms with E-state index in [0.717, 1.165) is 32.1 Å². The Morgan fingerprint density at radius 3 is 2.53 bits per heavy atom. The van der Waals surface area contributed by atoms with Gasteiger partial charge in [-0.05, 0) is 38.7 Å². The molecule has 2 unspecified atom stereocenters. The highest BCUT2D eigenvalue weighted by Crippen LogP contribution is 2.23. The summed E-state index contributed by atoms with van der Waals surface area (Å²) in [6, 6.07) is 3.92. The fourth-order valence-corrected chi connectivity index (χ4v) is 2.69. The van der Waals surface area contributed by atoms with E-state index in [9.17, 15) is 8.78 Å². The summed E-state index contributed by atoms with van der Waals surface area (Å²) in [6.07, 6.45) is 2.07. The van der Waals surface area contributed by atoms with Crippen molar-refractivity contribution in [1.29, 1.82) is 0 Å². The zero-order chi connectivity index (χ0) is 13.8. The van der Waals surface area contributed by atoms with E-state index in [-0.39, 0.29) is 6.04 Å². The van der Waals surface area contributed by atoms with Crippen LogP contribution in [0.5, 0.6) is 0 Å². The molecule has 4 heteroatoms. The van der Waals surface area contributed by atoms with Gasteiger partial charge in [-0.3, -0.25) is 0 Å².